The molecule has 3 heterocycles. The highest BCUT2D eigenvalue weighted by atomic mass is 16.5. The Hall–Kier alpha value is -2.27. The SMILES string of the molecule is COc1ccccc1[C@@H]1CCN(C(=O)[C@@H]2CNC[C@]23CCCc2[nH]c(C)cc23)[C@H](C2CCCCC2)C1. The lowest BCUT2D eigenvalue weighted by molar-refractivity contribution is -0.143. The summed E-state index contributed by atoms with van der Waals surface area (Å²) in [6, 6.07) is 11.2. The predicted molar refractivity (Wildman–Crippen MR) is 144 cm³/mol. The van der Waals surface area contributed by atoms with Crippen LogP contribution >= 0.6 is 0 Å². The number of hydrogen-bond acceptors (Lipinski definition) is 3. The van der Waals surface area contributed by atoms with Crippen molar-refractivity contribution in [2.75, 3.05) is 26.7 Å². The molecular weight excluding hydrogens is 446 g/mol. The Morgan fingerprint density at radius 1 is 1.11 bits per heavy atom. The van der Waals surface area contributed by atoms with Gasteiger partial charge in [0.1, 0.15) is 5.75 Å². The number of hydrogen-bond donors (Lipinski definition) is 2. The summed E-state index contributed by atoms with van der Waals surface area (Å²) in [6.45, 7) is 4.77. The zero-order chi connectivity index (χ0) is 24.7. The van der Waals surface area contributed by atoms with Gasteiger partial charge in [0.05, 0.1) is 13.0 Å². The van der Waals surface area contributed by atoms with E-state index in [1.807, 2.05) is 0 Å². The molecule has 3 fully saturated rings. The van der Waals surface area contributed by atoms with Crippen LogP contribution in [0.3, 0.4) is 0 Å². The molecule has 2 saturated heterocycles. The third-order valence-corrected chi connectivity index (χ3v) is 10.1. The minimum atomic E-state index is -0.0496. The maximum Gasteiger partial charge on any atom is 0.228 e. The van der Waals surface area contributed by atoms with E-state index in [2.05, 4.69) is 52.5 Å². The average Bonchev–Trinajstić information content (AvgIpc) is 3.52. The fourth-order valence-corrected chi connectivity index (χ4v) is 8.35. The van der Waals surface area contributed by atoms with E-state index in [0.717, 1.165) is 51.1 Å². The van der Waals surface area contributed by atoms with Gasteiger partial charge < -0.3 is 19.9 Å². The van der Waals surface area contributed by atoms with E-state index in [9.17, 15) is 4.79 Å². The van der Waals surface area contributed by atoms with Gasteiger partial charge in [-0.15, -0.1) is 0 Å². The van der Waals surface area contributed by atoms with Gasteiger partial charge in [-0.1, -0.05) is 37.5 Å². The van der Waals surface area contributed by atoms with Crippen LogP contribution in [0, 0.1) is 18.8 Å². The van der Waals surface area contributed by atoms with Crippen LogP contribution in [-0.2, 0) is 16.6 Å². The number of likely N-dealkylation sites (tertiary alicyclic amines) is 1. The van der Waals surface area contributed by atoms with Crippen molar-refractivity contribution in [3.8, 4) is 5.75 Å². The lowest BCUT2D eigenvalue weighted by Gasteiger charge is -2.47. The number of nitrogens with one attached hydrogen (secondary N) is 2. The fraction of sp³-hybridized carbons (Fsp3) is 0.645. The van der Waals surface area contributed by atoms with E-state index < -0.39 is 0 Å². The topological polar surface area (TPSA) is 57.4 Å². The molecule has 36 heavy (non-hydrogen) atoms. The third-order valence-electron chi connectivity index (χ3n) is 10.1. The van der Waals surface area contributed by atoms with Crippen molar-refractivity contribution in [2.24, 2.45) is 11.8 Å². The Labute approximate surface area is 216 Å². The summed E-state index contributed by atoms with van der Waals surface area (Å²) >= 11 is 0. The highest BCUT2D eigenvalue weighted by molar-refractivity contribution is 5.82. The van der Waals surface area contributed by atoms with Gasteiger partial charge in [0.2, 0.25) is 5.91 Å². The number of carbonyl (C=O) groups is 1. The lowest BCUT2D eigenvalue weighted by atomic mass is 9.65. The zero-order valence-electron chi connectivity index (χ0n) is 22.2. The largest absolute Gasteiger partial charge is 0.496 e. The predicted octanol–water partition coefficient (Wildman–Crippen LogP) is 5.48. The third kappa shape index (κ3) is 4.08. The van der Waals surface area contributed by atoms with Crippen LogP contribution in [0.5, 0.6) is 5.75 Å². The molecular formula is C31H43N3O2. The minimum absolute atomic E-state index is 0.0423. The number of H-pyrrole nitrogens is 1. The van der Waals surface area contributed by atoms with E-state index in [1.54, 1.807) is 7.11 Å². The summed E-state index contributed by atoms with van der Waals surface area (Å²) in [7, 11) is 1.78. The molecule has 2 N–H and O–H groups in total. The second-order valence-electron chi connectivity index (χ2n) is 12.0. The smallest absolute Gasteiger partial charge is 0.228 e. The first-order valence-corrected chi connectivity index (χ1v) is 14.4. The molecule has 0 bridgehead atoms. The van der Waals surface area contributed by atoms with Crippen molar-refractivity contribution in [1.82, 2.24) is 15.2 Å². The molecule has 5 heteroatoms. The van der Waals surface area contributed by atoms with Gasteiger partial charge in [-0.2, -0.15) is 0 Å². The molecule has 194 valence electrons. The number of ether oxygens (including phenoxy) is 1. The summed E-state index contributed by atoms with van der Waals surface area (Å²) < 4.78 is 5.75. The molecule has 6 rings (SSSR count). The van der Waals surface area contributed by atoms with Gasteiger partial charge in [-0.05, 0) is 87.0 Å². The van der Waals surface area contributed by atoms with Gasteiger partial charge in [0, 0.05) is 42.5 Å². The van der Waals surface area contributed by atoms with Crippen molar-refractivity contribution in [2.45, 2.75) is 88.5 Å². The number of rotatable bonds is 4. The number of piperidine rings is 1. The van der Waals surface area contributed by atoms with Crippen LogP contribution in [0.4, 0.5) is 0 Å². The number of nitrogens with zero attached hydrogens (tertiary/aromatic N) is 1. The van der Waals surface area contributed by atoms with Crippen LogP contribution in [0.15, 0.2) is 30.3 Å². The maximum atomic E-state index is 14.6. The molecule has 4 aliphatic rings. The van der Waals surface area contributed by atoms with Crippen LogP contribution in [0.1, 0.15) is 86.2 Å². The minimum Gasteiger partial charge on any atom is -0.496 e. The molecule has 5 nitrogen and oxygen atoms in total. The van der Waals surface area contributed by atoms with Crippen molar-refractivity contribution in [3.05, 3.63) is 52.8 Å². The standard InChI is InChI=1S/C31H43N3O2/c1-21-17-25-27(33-21)12-8-15-31(25)20-32-19-26(31)30(35)34-16-14-23(24-11-6-7-13-29(24)36-2)18-28(34)22-9-4-3-5-10-22/h6-7,11,13,17,22-23,26,28,32-33H,3-5,8-10,12,14-16,18-20H2,1-2H3/t23-,26+,28+,31+/m1/s1. The Morgan fingerprint density at radius 3 is 2.78 bits per heavy atom. The molecule has 0 radical (unpaired) electrons. The Balaban J connectivity index is 1.30. The van der Waals surface area contributed by atoms with Gasteiger partial charge >= 0.3 is 0 Å². The molecule has 1 spiro atoms. The molecule has 0 unspecified atom stereocenters. The quantitative estimate of drug-likeness (QED) is 0.598. The van der Waals surface area contributed by atoms with E-state index >= 15 is 0 Å². The fourth-order valence-electron chi connectivity index (χ4n) is 8.35. The second-order valence-corrected chi connectivity index (χ2v) is 12.0. The molecule has 1 saturated carbocycles. The van der Waals surface area contributed by atoms with Crippen molar-refractivity contribution >= 4 is 5.91 Å². The number of aromatic nitrogens is 1. The monoisotopic (exact) mass is 489 g/mol. The average molecular weight is 490 g/mol. The van der Waals surface area contributed by atoms with Crippen molar-refractivity contribution in [1.29, 1.82) is 0 Å². The van der Waals surface area contributed by atoms with Gasteiger partial charge in [0.25, 0.3) is 0 Å². The van der Waals surface area contributed by atoms with Crippen LogP contribution in [-0.4, -0.2) is 48.6 Å². The zero-order valence-corrected chi connectivity index (χ0v) is 22.2. The van der Waals surface area contributed by atoms with E-state index in [4.69, 9.17) is 4.74 Å². The van der Waals surface area contributed by atoms with Crippen LogP contribution in [0.25, 0.3) is 0 Å². The van der Waals surface area contributed by atoms with Gasteiger partial charge in [-0.3, -0.25) is 4.79 Å². The molecule has 1 aromatic heterocycles. The summed E-state index contributed by atoms with van der Waals surface area (Å²) in [5, 5.41) is 3.67. The maximum absolute atomic E-state index is 14.6. The number of carbonyl (C=O) groups excluding carboxylic acids is 1. The van der Waals surface area contributed by atoms with Gasteiger partial charge in [-0.25, -0.2) is 0 Å². The van der Waals surface area contributed by atoms with Crippen LogP contribution in [0.2, 0.25) is 0 Å². The number of aryl methyl sites for hydroxylation is 2. The number of aromatic amines is 1. The number of fused-ring (bicyclic) bond motifs is 2. The van der Waals surface area contributed by atoms with Crippen LogP contribution < -0.4 is 10.1 Å². The van der Waals surface area contributed by atoms with E-state index in [0.29, 0.717) is 23.8 Å². The van der Waals surface area contributed by atoms with Crippen molar-refractivity contribution < 1.29 is 9.53 Å². The summed E-state index contributed by atoms with van der Waals surface area (Å²) in [6.07, 6.45) is 12.0. The van der Waals surface area contributed by atoms with Gasteiger partial charge in [0.15, 0.2) is 0 Å². The Morgan fingerprint density at radius 2 is 1.94 bits per heavy atom. The first-order chi connectivity index (χ1) is 17.6. The molecule has 1 aromatic carbocycles. The molecule has 2 aromatic rings. The van der Waals surface area contributed by atoms with E-state index in [-0.39, 0.29) is 11.3 Å². The summed E-state index contributed by atoms with van der Waals surface area (Å²) in [5.74, 6) is 2.55. The highest BCUT2D eigenvalue weighted by Gasteiger charge is 2.53. The molecule has 4 atom stereocenters. The second kappa shape index (κ2) is 9.89. The van der Waals surface area contributed by atoms with Crippen molar-refractivity contribution in [3.63, 3.8) is 0 Å². The molecule has 1 amide bonds. The molecule has 2 aliphatic heterocycles. The number of methoxy groups -OCH3 is 1. The Kier molecular flexibility index (Phi) is 6.62. The van der Waals surface area contributed by atoms with E-state index in [1.165, 1.54) is 61.0 Å². The Bertz CT molecular complexity index is 1090. The number of para-hydroxylation sites is 1. The highest BCUT2D eigenvalue weighted by Crippen LogP contribution is 2.48. The summed E-state index contributed by atoms with van der Waals surface area (Å²) in [5.41, 5.74) is 5.31. The number of benzene rings is 1. The summed E-state index contributed by atoms with van der Waals surface area (Å²) in [4.78, 5) is 20.5. The lowest BCUT2D eigenvalue weighted by Crippen LogP contribution is -2.55. The normalized spacial score (nSPS) is 30.9. The molecule has 2 aliphatic carbocycles. The number of amides is 1. The first kappa shape index (κ1) is 24.1. The first-order valence-electron chi connectivity index (χ1n) is 14.4.